The Morgan fingerprint density at radius 2 is 1.90 bits per heavy atom. The number of anilines is 1. The number of halogens is 1. The Bertz CT molecular complexity index is 1310. The van der Waals surface area contributed by atoms with Crippen LogP contribution in [0, 0.1) is 19.7 Å². The second-order valence-corrected chi connectivity index (χ2v) is 6.75. The molecule has 3 N–H and O–H groups in total. The molecule has 0 aliphatic carbocycles. The van der Waals surface area contributed by atoms with Gasteiger partial charge in [-0.2, -0.15) is 5.10 Å². The Kier molecular flexibility index (Phi) is 4.38. The number of rotatable bonds is 3. The number of aryl methyl sites for hydroxylation is 2. The molecular formula is C21H17FN4O3. The number of aromatic amines is 1. The summed E-state index contributed by atoms with van der Waals surface area (Å²) in [5, 5.41) is 17.5. The minimum Gasteiger partial charge on any atom is -0.506 e. The summed E-state index contributed by atoms with van der Waals surface area (Å²) in [4.78, 5) is 27.8. The highest BCUT2D eigenvalue weighted by Crippen LogP contribution is 2.27. The van der Waals surface area contributed by atoms with E-state index in [2.05, 4.69) is 15.4 Å². The van der Waals surface area contributed by atoms with Crippen molar-refractivity contribution in [1.82, 2.24) is 14.8 Å². The molecule has 0 aliphatic rings. The normalized spacial score (nSPS) is 11.0. The van der Waals surface area contributed by atoms with E-state index in [1.165, 1.54) is 29.1 Å². The van der Waals surface area contributed by atoms with Crippen LogP contribution in [0.2, 0.25) is 0 Å². The van der Waals surface area contributed by atoms with Crippen molar-refractivity contribution in [3.05, 3.63) is 81.5 Å². The van der Waals surface area contributed by atoms with Crippen LogP contribution in [-0.2, 0) is 0 Å². The number of fused-ring (bicyclic) bond motifs is 1. The molecule has 0 fully saturated rings. The van der Waals surface area contributed by atoms with Crippen molar-refractivity contribution in [2.24, 2.45) is 0 Å². The van der Waals surface area contributed by atoms with Crippen LogP contribution in [0.5, 0.6) is 5.75 Å². The third-order valence-electron chi connectivity index (χ3n) is 4.64. The first-order valence-electron chi connectivity index (χ1n) is 8.82. The van der Waals surface area contributed by atoms with Gasteiger partial charge in [0.05, 0.1) is 17.3 Å². The molecule has 0 atom stereocenters. The largest absolute Gasteiger partial charge is 0.506 e. The lowest BCUT2D eigenvalue weighted by Crippen LogP contribution is -2.23. The van der Waals surface area contributed by atoms with Crippen molar-refractivity contribution in [2.75, 3.05) is 5.32 Å². The summed E-state index contributed by atoms with van der Waals surface area (Å²) in [6, 6.07) is 11.5. The second kappa shape index (κ2) is 6.90. The maximum atomic E-state index is 13.4. The number of carbonyl (C=O) groups excluding carboxylic acids is 1. The Morgan fingerprint density at radius 1 is 1.17 bits per heavy atom. The average molecular weight is 392 g/mol. The number of pyridine rings is 1. The molecule has 7 nitrogen and oxygen atoms in total. The minimum atomic E-state index is -0.806. The van der Waals surface area contributed by atoms with Crippen LogP contribution in [0.15, 0.2) is 53.5 Å². The Morgan fingerprint density at radius 3 is 2.59 bits per heavy atom. The van der Waals surface area contributed by atoms with Crippen LogP contribution in [0.1, 0.15) is 21.5 Å². The second-order valence-electron chi connectivity index (χ2n) is 6.75. The fourth-order valence-electron chi connectivity index (χ4n) is 3.06. The van der Waals surface area contributed by atoms with E-state index >= 15 is 0 Å². The van der Waals surface area contributed by atoms with Crippen LogP contribution < -0.4 is 10.9 Å². The third kappa shape index (κ3) is 3.25. The number of aromatic nitrogens is 3. The molecule has 29 heavy (non-hydrogen) atoms. The molecule has 4 aromatic rings. The average Bonchev–Trinajstić information content (AvgIpc) is 3.09. The number of hydrogen-bond acceptors (Lipinski definition) is 4. The van der Waals surface area contributed by atoms with Gasteiger partial charge in [0, 0.05) is 5.69 Å². The van der Waals surface area contributed by atoms with Gasteiger partial charge in [-0.25, -0.2) is 9.07 Å². The molecule has 0 aliphatic heterocycles. The quantitative estimate of drug-likeness (QED) is 0.497. The van der Waals surface area contributed by atoms with Crippen molar-refractivity contribution in [2.45, 2.75) is 13.8 Å². The van der Waals surface area contributed by atoms with E-state index in [0.29, 0.717) is 16.9 Å². The lowest BCUT2D eigenvalue weighted by Gasteiger charge is -2.09. The highest BCUT2D eigenvalue weighted by Gasteiger charge is 2.22. The third-order valence-corrected chi connectivity index (χ3v) is 4.64. The Labute approximate surface area is 164 Å². The summed E-state index contributed by atoms with van der Waals surface area (Å²) in [6.45, 7) is 3.51. The first kappa shape index (κ1) is 18.4. The topological polar surface area (TPSA) is 100 Å². The summed E-state index contributed by atoms with van der Waals surface area (Å²) in [7, 11) is 0. The summed E-state index contributed by atoms with van der Waals surface area (Å²) in [6.07, 6.45) is 1.37. The fourth-order valence-corrected chi connectivity index (χ4v) is 3.06. The van der Waals surface area contributed by atoms with Crippen LogP contribution in [0.25, 0.3) is 16.7 Å². The molecule has 2 heterocycles. The zero-order chi connectivity index (χ0) is 20.7. The number of benzene rings is 2. The highest BCUT2D eigenvalue weighted by molar-refractivity contribution is 6.08. The van der Waals surface area contributed by atoms with Crippen LogP contribution >= 0.6 is 0 Å². The highest BCUT2D eigenvalue weighted by atomic mass is 19.1. The van der Waals surface area contributed by atoms with Crippen LogP contribution in [0.3, 0.4) is 0 Å². The van der Waals surface area contributed by atoms with Crippen LogP contribution in [0.4, 0.5) is 10.1 Å². The van der Waals surface area contributed by atoms with Gasteiger partial charge < -0.3 is 15.4 Å². The summed E-state index contributed by atoms with van der Waals surface area (Å²) >= 11 is 0. The van der Waals surface area contributed by atoms with Crippen molar-refractivity contribution in [1.29, 1.82) is 0 Å². The van der Waals surface area contributed by atoms with Gasteiger partial charge in [-0.15, -0.1) is 0 Å². The molecule has 8 heteroatoms. The van der Waals surface area contributed by atoms with E-state index in [4.69, 9.17) is 0 Å². The summed E-state index contributed by atoms with van der Waals surface area (Å²) < 4.78 is 14.9. The lowest BCUT2D eigenvalue weighted by molar-refractivity contribution is 0.102. The molecule has 0 radical (unpaired) electrons. The van der Waals surface area contributed by atoms with E-state index < -0.39 is 28.6 Å². The van der Waals surface area contributed by atoms with Gasteiger partial charge in [0.15, 0.2) is 0 Å². The Balaban J connectivity index is 1.76. The Hall–Kier alpha value is -3.94. The number of hydrogen-bond donors (Lipinski definition) is 3. The smallest absolute Gasteiger partial charge is 0.266 e. The number of carbonyl (C=O) groups is 1. The number of nitrogens with zero attached hydrogens (tertiary/aromatic N) is 2. The number of nitrogens with one attached hydrogen (secondary N) is 2. The molecule has 2 aromatic carbocycles. The van der Waals surface area contributed by atoms with Gasteiger partial charge in [0.1, 0.15) is 22.8 Å². The summed E-state index contributed by atoms with van der Waals surface area (Å²) in [5.74, 6) is -1.69. The molecule has 0 bridgehead atoms. The van der Waals surface area contributed by atoms with Gasteiger partial charge in [0.2, 0.25) is 0 Å². The SMILES string of the molecule is Cc1ccc(-n2ncc3c(O)c(C(=O)Nc4ccc(F)c(C)c4)c(=O)[nH]c32)cc1. The van der Waals surface area contributed by atoms with Crippen LogP contribution in [-0.4, -0.2) is 25.8 Å². The first-order chi connectivity index (χ1) is 13.8. The monoisotopic (exact) mass is 392 g/mol. The number of amides is 1. The van der Waals surface area contributed by atoms with Gasteiger partial charge in [-0.3, -0.25) is 9.59 Å². The minimum absolute atomic E-state index is 0.227. The fraction of sp³-hybridized carbons (Fsp3) is 0.0952. The van der Waals surface area contributed by atoms with Crippen molar-refractivity contribution < 1.29 is 14.3 Å². The predicted molar refractivity (Wildman–Crippen MR) is 107 cm³/mol. The van der Waals surface area contributed by atoms with E-state index in [1.807, 2.05) is 31.2 Å². The molecule has 2 aromatic heterocycles. The van der Waals surface area contributed by atoms with Gasteiger partial charge in [-0.1, -0.05) is 17.7 Å². The molecule has 0 spiro atoms. The number of aromatic hydroxyl groups is 1. The zero-order valence-electron chi connectivity index (χ0n) is 15.7. The standard InChI is InChI=1S/C21H17FN4O3/c1-11-3-6-14(7-4-11)26-19-15(10-23-26)18(27)17(21(29)25-19)20(28)24-13-5-8-16(22)12(2)9-13/h3-10H,1-2H3,(H,24,28)(H2,25,27,29). The van der Waals surface area contributed by atoms with Gasteiger partial charge in [0.25, 0.3) is 11.5 Å². The molecular weight excluding hydrogens is 375 g/mol. The molecule has 0 saturated carbocycles. The van der Waals surface area contributed by atoms with Gasteiger partial charge in [-0.05, 0) is 49.7 Å². The molecule has 0 unspecified atom stereocenters. The van der Waals surface area contributed by atoms with E-state index in [9.17, 15) is 19.1 Å². The van der Waals surface area contributed by atoms with E-state index in [0.717, 1.165) is 5.56 Å². The number of H-pyrrole nitrogens is 1. The zero-order valence-corrected chi connectivity index (χ0v) is 15.7. The summed E-state index contributed by atoms with van der Waals surface area (Å²) in [5.41, 5.74) is 1.48. The maximum Gasteiger partial charge on any atom is 0.266 e. The first-order valence-corrected chi connectivity index (χ1v) is 8.82. The van der Waals surface area contributed by atoms with E-state index in [-0.39, 0.29) is 11.0 Å². The maximum absolute atomic E-state index is 13.4. The molecule has 4 rings (SSSR count). The van der Waals surface area contributed by atoms with Crippen molar-refractivity contribution >= 4 is 22.6 Å². The van der Waals surface area contributed by atoms with Crippen molar-refractivity contribution in [3.8, 4) is 11.4 Å². The molecule has 1 amide bonds. The lowest BCUT2D eigenvalue weighted by atomic mass is 10.1. The van der Waals surface area contributed by atoms with Gasteiger partial charge >= 0.3 is 0 Å². The van der Waals surface area contributed by atoms with E-state index in [1.54, 1.807) is 6.92 Å². The predicted octanol–water partition coefficient (Wildman–Crippen LogP) is 3.43. The van der Waals surface area contributed by atoms with Crippen molar-refractivity contribution in [3.63, 3.8) is 0 Å². The molecule has 0 saturated heterocycles. The molecule has 146 valence electrons.